The summed E-state index contributed by atoms with van der Waals surface area (Å²) in [4.78, 5) is 0. The summed E-state index contributed by atoms with van der Waals surface area (Å²) in [6.45, 7) is 6.06. The minimum absolute atomic E-state index is 0.286. The van der Waals surface area contributed by atoms with Gasteiger partial charge in [-0.2, -0.15) is 0 Å². The second-order valence-corrected chi connectivity index (χ2v) is 7.39. The molecule has 0 aliphatic carbocycles. The van der Waals surface area contributed by atoms with Gasteiger partial charge in [0.15, 0.2) is 0 Å². The average molecular weight is 455 g/mol. The van der Waals surface area contributed by atoms with Gasteiger partial charge >= 0.3 is 0 Å². The molecule has 4 heteroatoms. The first kappa shape index (κ1) is 24.7. The second-order valence-electron chi connectivity index (χ2n) is 7.39. The van der Waals surface area contributed by atoms with Crippen LogP contribution in [0.5, 0.6) is 0 Å². The van der Waals surface area contributed by atoms with E-state index in [2.05, 4.69) is 12.2 Å². The van der Waals surface area contributed by atoms with Gasteiger partial charge in [-0.25, -0.2) is 4.39 Å². The minimum atomic E-state index is -0.286. The van der Waals surface area contributed by atoms with Crippen LogP contribution in [0.25, 0.3) is 27.6 Å². The predicted octanol–water partition coefficient (Wildman–Crippen LogP) is 8.92. The first-order valence-corrected chi connectivity index (χ1v) is 11.7. The van der Waals surface area contributed by atoms with Gasteiger partial charge in [0.25, 0.3) is 0 Å². The van der Waals surface area contributed by atoms with Crippen LogP contribution in [0.15, 0.2) is 95.5 Å². The summed E-state index contributed by atoms with van der Waals surface area (Å²) >= 11 is 0. The zero-order valence-electron chi connectivity index (χ0n) is 19.9. The van der Waals surface area contributed by atoms with Crippen LogP contribution in [0.3, 0.4) is 0 Å². The zero-order chi connectivity index (χ0) is 24.3. The van der Waals surface area contributed by atoms with Crippen molar-refractivity contribution in [2.45, 2.75) is 33.6 Å². The lowest BCUT2D eigenvalue weighted by molar-refractivity contribution is 0.624. The molecular formula is C30H31FN2O. The standard InChI is InChI=1S/C28H25FN2O.C2H6/c1-2-3-4-15-25(22-12-5-7-14-24(22)29)31-26-18-17-21-20-11-6-8-16-27(20)32-28(21)23(26)13-9-10-19-30;1-2/h3-12,14-19,30-31H,2,13H2,1H3;1-2H3/b4-3-,10-9-,25-15-,30-19?;. The molecule has 1 aromatic heterocycles. The van der Waals surface area contributed by atoms with Gasteiger partial charge in [-0.1, -0.05) is 69.3 Å². The van der Waals surface area contributed by atoms with E-state index in [0.717, 1.165) is 39.6 Å². The van der Waals surface area contributed by atoms with Crippen molar-refractivity contribution >= 4 is 39.5 Å². The maximum Gasteiger partial charge on any atom is 0.141 e. The van der Waals surface area contributed by atoms with Crippen molar-refractivity contribution < 1.29 is 8.81 Å². The number of nitrogens with one attached hydrogen (secondary N) is 2. The highest BCUT2D eigenvalue weighted by Gasteiger charge is 2.16. The van der Waals surface area contributed by atoms with Gasteiger partial charge in [0, 0.05) is 39.5 Å². The Balaban J connectivity index is 0.00000158. The lowest BCUT2D eigenvalue weighted by atomic mass is 10.0. The molecule has 4 rings (SSSR count). The Labute approximate surface area is 200 Å². The van der Waals surface area contributed by atoms with Crippen LogP contribution in [-0.4, -0.2) is 6.21 Å². The van der Waals surface area contributed by atoms with Crippen molar-refractivity contribution in [2.24, 2.45) is 0 Å². The third-order valence-corrected chi connectivity index (χ3v) is 5.27. The molecule has 0 bridgehead atoms. The predicted molar refractivity (Wildman–Crippen MR) is 144 cm³/mol. The molecule has 174 valence electrons. The fourth-order valence-electron chi connectivity index (χ4n) is 3.74. The Morgan fingerprint density at radius 2 is 1.71 bits per heavy atom. The van der Waals surface area contributed by atoms with Crippen molar-refractivity contribution in [3.05, 3.63) is 108 Å². The van der Waals surface area contributed by atoms with E-state index in [4.69, 9.17) is 9.83 Å². The normalized spacial score (nSPS) is 11.8. The molecule has 0 fully saturated rings. The molecular weight excluding hydrogens is 423 g/mol. The van der Waals surface area contributed by atoms with Crippen LogP contribution in [0.4, 0.5) is 10.1 Å². The lowest BCUT2D eigenvalue weighted by Crippen LogP contribution is -2.04. The summed E-state index contributed by atoms with van der Waals surface area (Å²) in [6.07, 6.45) is 12.2. The summed E-state index contributed by atoms with van der Waals surface area (Å²) in [5, 5.41) is 12.8. The number of para-hydroxylation sites is 1. The van der Waals surface area contributed by atoms with Gasteiger partial charge in [0.05, 0.1) is 0 Å². The summed E-state index contributed by atoms with van der Waals surface area (Å²) in [6, 6.07) is 18.7. The summed E-state index contributed by atoms with van der Waals surface area (Å²) < 4.78 is 20.9. The highest BCUT2D eigenvalue weighted by molar-refractivity contribution is 6.07. The van der Waals surface area contributed by atoms with Gasteiger partial charge in [-0.05, 0) is 55.3 Å². The van der Waals surface area contributed by atoms with E-state index in [0.29, 0.717) is 17.7 Å². The van der Waals surface area contributed by atoms with E-state index >= 15 is 0 Å². The van der Waals surface area contributed by atoms with Crippen molar-refractivity contribution in [1.82, 2.24) is 0 Å². The second kappa shape index (κ2) is 12.4. The number of allylic oxidation sites excluding steroid dienone is 5. The molecule has 0 amide bonds. The van der Waals surface area contributed by atoms with Crippen molar-refractivity contribution in [3.8, 4) is 0 Å². The Morgan fingerprint density at radius 1 is 0.941 bits per heavy atom. The molecule has 0 aliphatic heterocycles. The van der Waals surface area contributed by atoms with Crippen molar-refractivity contribution in [3.63, 3.8) is 0 Å². The first-order chi connectivity index (χ1) is 16.7. The number of furan rings is 1. The Hall–Kier alpha value is -3.92. The molecule has 3 nitrogen and oxygen atoms in total. The first-order valence-electron chi connectivity index (χ1n) is 11.7. The number of rotatable bonds is 8. The van der Waals surface area contributed by atoms with E-state index in [-0.39, 0.29) is 5.82 Å². The van der Waals surface area contributed by atoms with E-state index in [1.54, 1.807) is 18.2 Å². The van der Waals surface area contributed by atoms with Crippen LogP contribution in [0, 0.1) is 11.2 Å². The highest BCUT2D eigenvalue weighted by atomic mass is 19.1. The minimum Gasteiger partial charge on any atom is -0.456 e. The molecule has 0 unspecified atom stereocenters. The maximum absolute atomic E-state index is 14.6. The summed E-state index contributed by atoms with van der Waals surface area (Å²) in [5.41, 5.74) is 4.58. The van der Waals surface area contributed by atoms with Gasteiger partial charge < -0.3 is 15.1 Å². The third kappa shape index (κ3) is 5.52. The van der Waals surface area contributed by atoms with Gasteiger partial charge in [0.2, 0.25) is 0 Å². The molecule has 0 saturated carbocycles. The van der Waals surface area contributed by atoms with E-state index in [1.165, 1.54) is 12.3 Å². The topological polar surface area (TPSA) is 49.0 Å². The van der Waals surface area contributed by atoms with Crippen LogP contribution >= 0.6 is 0 Å². The van der Waals surface area contributed by atoms with Crippen LogP contribution in [0.1, 0.15) is 38.3 Å². The molecule has 3 aromatic carbocycles. The third-order valence-electron chi connectivity index (χ3n) is 5.27. The SMILES string of the molecule is CC.CC/C=C\C=C(/Nc1ccc2c(oc3ccccc32)c1C/C=C\C=N)c1ccccc1F. The fourth-order valence-corrected chi connectivity index (χ4v) is 3.74. The fraction of sp³-hybridized carbons (Fsp3) is 0.167. The highest BCUT2D eigenvalue weighted by Crippen LogP contribution is 2.36. The number of fused-ring (bicyclic) bond motifs is 3. The van der Waals surface area contributed by atoms with Crippen molar-refractivity contribution in [1.29, 1.82) is 5.41 Å². The molecule has 2 N–H and O–H groups in total. The summed E-state index contributed by atoms with van der Waals surface area (Å²) in [7, 11) is 0. The van der Waals surface area contributed by atoms with E-state index in [9.17, 15) is 4.39 Å². The maximum atomic E-state index is 14.6. The van der Waals surface area contributed by atoms with Crippen LogP contribution in [0.2, 0.25) is 0 Å². The van der Waals surface area contributed by atoms with Crippen molar-refractivity contribution in [2.75, 3.05) is 5.32 Å². The Kier molecular flexibility index (Phi) is 8.98. The molecule has 0 atom stereocenters. The Morgan fingerprint density at radius 3 is 2.47 bits per heavy atom. The van der Waals surface area contributed by atoms with E-state index < -0.39 is 0 Å². The molecule has 4 aromatic rings. The zero-order valence-corrected chi connectivity index (χ0v) is 19.9. The number of benzene rings is 3. The smallest absolute Gasteiger partial charge is 0.141 e. The molecule has 0 aliphatic rings. The number of hydrogen-bond donors (Lipinski definition) is 2. The largest absolute Gasteiger partial charge is 0.456 e. The summed E-state index contributed by atoms with van der Waals surface area (Å²) in [5.74, 6) is -0.286. The quantitative estimate of drug-likeness (QED) is 0.206. The molecule has 34 heavy (non-hydrogen) atoms. The lowest BCUT2D eigenvalue weighted by Gasteiger charge is -2.15. The van der Waals surface area contributed by atoms with Crippen LogP contribution < -0.4 is 5.32 Å². The molecule has 0 saturated heterocycles. The Bertz CT molecular complexity index is 1340. The molecule has 0 spiro atoms. The number of halogens is 1. The number of hydrogen-bond acceptors (Lipinski definition) is 3. The van der Waals surface area contributed by atoms with E-state index in [1.807, 2.05) is 80.6 Å². The molecule has 0 radical (unpaired) electrons. The van der Waals surface area contributed by atoms with Gasteiger partial charge in [-0.15, -0.1) is 0 Å². The van der Waals surface area contributed by atoms with Gasteiger partial charge in [-0.3, -0.25) is 0 Å². The number of anilines is 1. The van der Waals surface area contributed by atoms with Gasteiger partial charge in [0.1, 0.15) is 17.0 Å². The van der Waals surface area contributed by atoms with Crippen LogP contribution in [-0.2, 0) is 6.42 Å². The average Bonchev–Trinajstić information content (AvgIpc) is 3.25. The monoisotopic (exact) mass is 454 g/mol. The molecule has 1 heterocycles.